The number of thiophene rings is 1. The van der Waals surface area contributed by atoms with E-state index >= 15 is 0 Å². The first-order valence-corrected chi connectivity index (χ1v) is 10.5. The van der Waals surface area contributed by atoms with Crippen LogP contribution in [0.5, 0.6) is 0 Å². The van der Waals surface area contributed by atoms with E-state index in [1.807, 2.05) is 55.6 Å². The van der Waals surface area contributed by atoms with Gasteiger partial charge in [0.2, 0.25) is 11.7 Å². The van der Waals surface area contributed by atoms with Gasteiger partial charge in [0.05, 0.1) is 21.0 Å². The average molecular weight is 399 g/mol. The van der Waals surface area contributed by atoms with Crippen molar-refractivity contribution in [2.24, 2.45) is 0 Å². The van der Waals surface area contributed by atoms with Crippen molar-refractivity contribution in [1.82, 2.24) is 19.7 Å². The monoisotopic (exact) mass is 398 g/mol. The van der Waals surface area contributed by atoms with E-state index in [-0.39, 0.29) is 10.8 Å². The molecule has 4 aromatic rings. The number of aromatic nitrogens is 4. The van der Waals surface area contributed by atoms with Gasteiger partial charge in [-0.2, -0.15) is 4.98 Å². The van der Waals surface area contributed by atoms with Crippen molar-refractivity contribution < 1.29 is 4.52 Å². The van der Waals surface area contributed by atoms with Crippen LogP contribution in [0.25, 0.3) is 21.6 Å². The maximum atomic E-state index is 12.9. The second-order valence-electron chi connectivity index (χ2n) is 6.06. The summed E-state index contributed by atoms with van der Waals surface area (Å²) in [7, 11) is 0. The van der Waals surface area contributed by atoms with Crippen molar-refractivity contribution in [3.8, 4) is 10.7 Å². The highest BCUT2D eigenvalue weighted by molar-refractivity contribution is 7.99. The van der Waals surface area contributed by atoms with Crippen LogP contribution in [0.2, 0.25) is 0 Å². The molecule has 0 saturated carbocycles. The molecule has 3 heterocycles. The van der Waals surface area contributed by atoms with Crippen LogP contribution < -0.4 is 5.56 Å². The fourth-order valence-corrected chi connectivity index (χ4v) is 4.39. The fourth-order valence-electron chi connectivity index (χ4n) is 2.77. The molecular formula is C19H18N4O2S2. The van der Waals surface area contributed by atoms with E-state index in [1.165, 1.54) is 11.8 Å². The van der Waals surface area contributed by atoms with Gasteiger partial charge in [-0.15, -0.1) is 11.3 Å². The number of rotatable bonds is 6. The van der Waals surface area contributed by atoms with Crippen LogP contribution in [0.4, 0.5) is 0 Å². The zero-order valence-corrected chi connectivity index (χ0v) is 16.6. The van der Waals surface area contributed by atoms with Gasteiger partial charge in [-0.25, -0.2) is 4.98 Å². The molecule has 0 aliphatic carbocycles. The Morgan fingerprint density at radius 3 is 2.85 bits per heavy atom. The van der Waals surface area contributed by atoms with Gasteiger partial charge in [0.15, 0.2) is 5.16 Å². The van der Waals surface area contributed by atoms with Gasteiger partial charge in [0.1, 0.15) is 0 Å². The van der Waals surface area contributed by atoms with Crippen molar-refractivity contribution in [2.45, 2.75) is 37.2 Å². The Bertz CT molecular complexity index is 1120. The molecule has 1 unspecified atom stereocenters. The smallest absolute Gasteiger partial charge is 0.262 e. The molecule has 0 radical (unpaired) electrons. The first-order chi connectivity index (χ1) is 13.2. The van der Waals surface area contributed by atoms with Crippen LogP contribution in [0.1, 0.15) is 31.4 Å². The highest BCUT2D eigenvalue weighted by atomic mass is 32.2. The summed E-state index contributed by atoms with van der Waals surface area (Å²) in [5.41, 5.74) is 0.691. The lowest BCUT2D eigenvalue weighted by Gasteiger charge is -2.14. The first-order valence-electron chi connectivity index (χ1n) is 8.71. The summed E-state index contributed by atoms with van der Waals surface area (Å²) in [6.45, 7) is 4.65. The largest absolute Gasteiger partial charge is 0.338 e. The molecule has 0 fully saturated rings. The van der Waals surface area contributed by atoms with E-state index in [2.05, 4.69) is 10.1 Å². The first kappa shape index (κ1) is 17.9. The minimum Gasteiger partial charge on any atom is -0.338 e. The number of hydrogen-bond donors (Lipinski definition) is 0. The minimum atomic E-state index is -0.123. The lowest BCUT2D eigenvalue weighted by Crippen LogP contribution is -2.23. The molecule has 0 amide bonds. The number of nitrogens with zero attached hydrogens (tertiary/aromatic N) is 4. The van der Waals surface area contributed by atoms with Crippen molar-refractivity contribution >= 4 is 34.0 Å². The van der Waals surface area contributed by atoms with E-state index in [9.17, 15) is 4.79 Å². The Balaban J connectivity index is 1.68. The van der Waals surface area contributed by atoms with E-state index in [4.69, 9.17) is 9.51 Å². The third-order valence-electron chi connectivity index (χ3n) is 4.09. The second-order valence-corrected chi connectivity index (χ2v) is 8.32. The van der Waals surface area contributed by atoms with Crippen molar-refractivity contribution in [1.29, 1.82) is 0 Å². The van der Waals surface area contributed by atoms with E-state index < -0.39 is 0 Å². The molecule has 0 bridgehead atoms. The molecule has 1 atom stereocenters. The summed E-state index contributed by atoms with van der Waals surface area (Å²) in [5, 5.41) is 7.23. The summed E-state index contributed by atoms with van der Waals surface area (Å²) in [5.74, 6) is 1.11. The standard InChI is InChI=1S/C19H18N4O2S2/c1-3-10-23-18(24)13-7-4-5-8-14(13)20-19(23)27-12(2)17-21-16(22-25-17)15-9-6-11-26-15/h4-9,11-12H,3,10H2,1-2H3. The van der Waals surface area contributed by atoms with Gasteiger partial charge in [-0.05, 0) is 36.9 Å². The summed E-state index contributed by atoms with van der Waals surface area (Å²) in [6, 6.07) is 11.4. The molecule has 0 N–H and O–H groups in total. The molecular weight excluding hydrogens is 380 g/mol. The van der Waals surface area contributed by atoms with Crippen molar-refractivity contribution in [3.63, 3.8) is 0 Å². The molecule has 4 rings (SSSR count). The zero-order valence-electron chi connectivity index (χ0n) is 15.0. The molecule has 6 nitrogen and oxygen atoms in total. The van der Waals surface area contributed by atoms with Gasteiger partial charge in [0.25, 0.3) is 5.56 Å². The SMILES string of the molecule is CCCn1c(SC(C)c2nc(-c3cccs3)no2)nc2ccccc2c1=O. The lowest BCUT2D eigenvalue weighted by atomic mass is 10.2. The Kier molecular flexibility index (Phi) is 5.09. The Labute approximate surface area is 164 Å². The predicted molar refractivity (Wildman–Crippen MR) is 108 cm³/mol. The second kappa shape index (κ2) is 7.66. The Hall–Kier alpha value is -2.45. The highest BCUT2D eigenvalue weighted by Gasteiger charge is 2.20. The van der Waals surface area contributed by atoms with Gasteiger partial charge in [-0.1, -0.05) is 42.0 Å². The summed E-state index contributed by atoms with van der Waals surface area (Å²) in [6.07, 6.45) is 0.852. The number of para-hydroxylation sites is 1. The number of benzene rings is 1. The normalized spacial score (nSPS) is 12.5. The molecule has 27 heavy (non-hydrogen) atoms. The van der Waals surface area contributed by atoms with Crippen LogP contribution in [-0.2, 0) is 6.54 Å². The van der Waals surface area contributed by atoms with E-state index in [0.29, 0.717) is 34.3 Å². The zero-order chi connectivity index (χ0) is 18.8. The van der Waals surface area contributed by atoms with Crippen LogP contribution in [-0.4, -0.2) is 19.7 Å². The average Bonchev–Trinajstić information content (AvgIpc) is 3.36. The molecule has 0 aliphatic rings. The quantitative estimate of drug-likeness (QED) is 0.344. The summed E-state index contributed by atoms with van der Waals surface area (Å²) < 4.78 is 7.19. The molecule has 8 heteroatoms. The maximum Gasteiger partial charge on any atom is 0.262 e. The minimum absolute atomic E-state index is 0.0121. The molecule has 3 aromatic heterocycles. The van der Waals surface area contributed by atoms with Gasteiger partial charge in [-0.3, -0.25) is 9.36 Å². The van der Waals surface area contributed by atoms with E-state index in [1.54, 1.807) is 15.9 Å². The lowest BCUT2D eigenvalue weighted by molar-refractivity contribution is 0.380. The van der Waals surface area contributed by atoms with Crippen LogP contribution in [0.3, 0.4) is 0 Å². The maximum absolute atomic E-state index is 12.9. The summed E-state index contributed by atoms with van der Waals surface area (Å²) >= 11 is 3.03. The van der Waals surface area contributed by atoms with Crippen LogP contribution in [0.15, 0.2) is 56.3 Å². The van der Waals surface area contributed by atoms with E-state index in [0.717, 1.165) is 11.3 Å². The van der Waals surface area contributed by atoms with Gasteiger partial charge >= 0.3 is 0 Å². The van der Waals surface area contributed by atoms with Gasteiger partial charge in [0, 0.05) is 6.54 Å². The Morgan fingerprint density at radius 2 is 2.07 bits per heavy atom. The number of thioether (sulfide) groups is 1. The topological polar surface area (TPSA) is 73.8 Å². The highest BCUT2D eigenvalue weighted by Crippen LogP contribution is 2.34. The predicted octanol–water partition coefficient (Wildman–Crippen LogP) is 4.77. The fraction of sp³-hybridized carbons (Fsp3) is 0.263. The molecule has 0 spiro atoms. The Morgan fingerprint density at radius 1 is 1.22 bits per heavy atom. The molecule has 0 aliphatic heterocycles. The molecule has 1 aromatic carbocycles. The number of hydrogen-bond acceptors (Lipinski definition) is 7. The van der Waals surface area contributed by atoms with Crippen LogP contribution in [0, 0.1) is 0 Å². The third kappa shape index (κ3) is 3.54. The molecule has 138 valence electrons. The van der Waals surface area contributed by atoms with Crippen molar-refractivity contribution in [2.75, 3.05) is 0 Å². The number of fused-ring (bicyclic) bond motifs is 1. The van der Waals surface area contributed by atoms with Crippen molar-refractivity contribution in [3.05, 3.63) is 58.0 Å². The van der Waals surface area contributed by atoms with Gasteiger partial charge < -0.3 is 4.52 Å². The van der Waals surface area contributed by atoms with Crippen LogP contribution >= 0.6 is 23.1 Å². The summed E-state index contributed by atoms with van der Waals surface area (Å²) in [4.78, 5) is 23.1. The molecule has 0 saturated heterocycles. The third-order valence-corrected chi connectivity index (χ3v) is 6.03.